The SMILES string of the molecule is COc1cccc(OC)c1OCC(=O)N1C[C@H]2CC[C@H](Oc3cccnc3)[C@H]2C1. The van der Waals surface area contributed by atoms with Gasteiger partial charge in [-0.15, -0.1) is 0 Å². The molecule has 1 saturated heterocycles. The van der Waals surface area contributed by atoms with E-state index in [1.807, 2.05) is 23.1 Å². The number of pyridine rings is 1. The van der Waals surface area contributed by atoms with Crippen LogP contribution in [0.1, 0.15) is 12.8 Å². The van der Waals surface area contributed by atoms with Crippen molar-refractivity contribution in [1.29, 1.82) is 0 Å². The van der Waals surface area contributed by atoms with Gasteiger partial charge < -0.3 is 23.8 Å². The highest BCUT2D eigenvalue weighted by atomic mass is 16.5. The number of fused-ring (bicyclic) bond motifs is 1. The van der Waals surface area contributed by atoms with Crippen molar-refractivity contribution in [3.05, 3.63) is 42.7 Å². The number of nitrogens with zero attached hydrogens (tertiary/aromatic N) is 2. The summed E-state index contributed by atoms with van der Waals surface area (Å²) in [7, 11) is 3.13. The molecule has 1 aliphatic heterocycles. The average molecular weight is 398 g/mol. The number of hydrogen-bond donors (Lipinski definition) is 0. The van der Waals surface area contributed by atoms with Crippen LogP contribution in [0.25, 0.3) is 0 Å². The monoisotopic (exact) mass is 398 g/mol. The number of methoxy groups -OCH3 is 2. The van der Waals surface area contributed by atoms with Crippen LogP contribution in [0.5, 0.6) is 23.0 Å². The molecule has 1 saturated carbocycles. The molecule has 0 unspecified atom stereocenters. The van der Waals surface area contributed by atoms with Crippen LogP contribution in [0.4, 0.5) is 0 Å². The van der Waals surface area contributed by atoms with Crippen LogP contribution in [-0.2, 0) is 4.79 Å². The number of ether oxygens (including phenoxy) is 4. The van der Waals surface area contributed by atoms with E-state index in [0.29, 0.717) is 35.6 Å². The van der Waals surface area contributed by atoms with E-state index in [1.165, 1.54) is 0 Å². The normalized spacial score (nSPS) is 22.8. The second-order valence-electron chi connectivity index (χ2n) is 7.43. The molecule has 1 aromatic heterocycles. The number of benzene rings is 1. The Bertz CT molecular complexity index is 822. The number of hydrogen-bond acceptors (Lipinski definition) is 6. The Labute approximate surface area is 170 Å². The molecular formula is C22H26N2O5. The van der Waals surface area contributed by atoms with Gasteiger partial charge in [0.2, 0.25) is 5.75 Å². The first kappa shape index (κ1) is 19.4. The lowest BCUT2D eigenvalue weighted by atomic mass is 9.99. The van der Waals surface area contributed by atoms with E-state index in [1.54, 1.807) is 38.7 Å². The van der Waals surface area contributed by atoms with Crippen LogP contribution in [0.2, 0.25) is 0 Å². The minimum absolute atomic E-state index is 0.0347. The fourth-order valence-electron chi connectivity index (χ4n) is 4.34. The van der Waals surface area contributed by atoms with Crippen molar-refractivity contribution in [3.63, 3.8) is 0 Å². The van der Waals surface area contributed by atoms with Crippen LogP contribution in [0, 0.1) is 11.8 Å². The Morgan fingerprint density at radius 1 is 1.10 bits per heavy atom. The van der Waals surface area contributed by atoms with Gasteiger partial charge in [-0.05, 0) is 43.0 Å². The van der Waals surface area contributed by atoms with Crippen molar-refractivity contribution in [3.8, 4) is 23.0 Å². The van der Waals surface area contributed by atoms with Gasteiger partial charge >= 0.3 is 0 Å². The van der Waals surface area contributed by atoms with Crippen LogP contribution in [0.15, 0.2) is 42.7 Å². The summed E-state index contributed by atoms with van der Waals surface area (Å²) in [5.41, 5.74) is 0. The van der Waals surface area contributed by atoms with Gasteiger partial charge in [0.25, 0.3) is 5.91 Å². The third kappa shape index (κ3) is 4.09. The van der Waals surface area contributed by atoms with Gasteiger partial charge in [-0.2, -0.15) is 0 Å². The van der Waals surface area contributed by atoms with E-state index < -0.39 is 0 Å². The van der Waals surface area contributed by atoms with Gasteiger partial charge in [0.15, 0.2) is 18.1 Å². The third-order valence-electron chi connectivity index (χ3n) is 5.79. The first-order chi connectivity index (χ1) is 14.2. The van der Waals surface area contributed by atoms with Gasteiger partial charge in [-0.1, -0.05) is 6.07 Å². The Hall–Kier alpha value is -2.96. The molecular weight excluding hydrogens is 372 g/mol. The quantitative estimate of drug-likeness (QED) is 0.714. The summed E-state index contributed by atoms with van der Waals surface area (Å²) in [6, 6.07) is 9.17. The highest BCUT2D eigenvalue weighted by molar-refractivity contribution is 5.78. The summed E-state index contributed by atoms with van der Waals surface area (Å²) in [5.74, 6) is 3.10. The maximum absolute atomic E-state index is 12.8. The lowest BCUT2D eigenvalue weighted by Crippen LogP contribution is -2.35. The molecule has 0 radical (unpaired) electrons. The number of likely N-dealkylation sites (tertiary alicyclic amines) is 1. The highest BCUT2D eigenvalue weighted by Gasteiger charge is 2.45. The molecule has 4 rings (SSSR count). The van der Waals surface area contributed by atoms with Crippen molar-refractivity contribution >= 4 is 5.91 Å². The molecule has 1 aromatic carbocycles. The Morgan fingerprint density at radius 2 is 1.90 bits per heavy atom. The van der Waals surface area contributed by atoms with E-state index in [0.717, 1.165) is 25.1 Å². The fraction of sp³-hybridized carbons (Fsp3) is 0.455. The number of para-hydroxylation sites is 1. The number of rotatable bonds is 7. The van der Waals surface area contributed by atoms with E-state index >= 15 is 0 Å². The zero-order chi connectivity index (χ0) is 20.2. The summed E-state index contributed by atoms with van der Waals surface area (Å²) < 4.78 is 22.6. The number of carbonyl (C=O) groups excluding carboxylic acids is 1. The number of carbonyl (C=O) groups is 1. The molecule has 2 aliphatic rings. The second kappa shape index (κ2) is 8.59. The van der Waals surface area contributed by atoms with Crippen molar-refractivity contribution in [1.82, 2.24) is 9.88 Å². The maximum atomic E-state index is 12.8. The third-order valence-corrected chi connectivity index (χ3v) is 5.79. The maximum Gasteiger partial charge on any atom is 0.260 e. The summed E-state index contributed by atoms with van der Waals surface area (Å²) >= 11 is 0. The fourth-order valence-corrected chi connectivity index (χ4v) is 4.34. The van der Waals surface area contributed by atoms with Crippen molar-refractivity contribution < 1.29 is 23.7 Å². The Balaban J connectivity index is 1.36. The lowest BCUT2D eigenvalue weighted by Gasteiger charge is -2.22. The van der Waals surface area contributed by atoms with Crippen molar-refractivity contribution in [2.75, 3.05) is 33.9 Å². The average Bonchev–Trinajstić information content (AvgIpc) is 3.34. The highest BCUT2D eigenvalue weighted by Crippen LogP contribution is 2.40. The van der Waals surface area contributed by atoms with Crippen LogP contribution in [0.3, 0.4) is 0 Å². The minimum Gasteiger partial charge on any atom is -0.493 e. The minimum atomic E-state index is -0.0513. The molecule has 0 bridgehead atoms. The van der Waals surface area contributed by atoms with Gasteiger partial charge in [-0.25, -0.2) is 0 Å². The van der Waals surface area contributed by atoms with Crippen molar-refractivity contribution in [2.24, 2.45) is 11.8 Å². The number of aromatic nitrogens is 1. The lowest BCUT2D eigenvalue weighted by molar-refractivity contribution is -0.132. The summed E-state index contributed by atoms with van der Waals surface area (Å²) in [5, 5.41) is 0. The largest absolute Gasteiger partial charge is 0.493 e. The van der Waals surface area contributed by atoms with Crippen LogP contribution < -0.4 is 18.9 Å². The molecule has 154 valence electrons. The van der Waals surface area contributed by atoms with Crippen LogP contribution >= 0.6 is 0 Å². The summed E-state index contributed by atoms with van der Waals surface area (Å²) in [4.78, 5) is 18.8. The molecule has 2 fully saturated rings. The standard InChI is InChI=1S/C22H26N2O5/c1-26-19-6-3-7-20(27-2)22(19)28-14-21(25)24-12-15-8-9-18(17(15)13-24)29-16-5-4-10-23-11-16/h3-7,10-11,15,17-18H,8-9,12-14H2,1-2H3/t15-,17+,18+/m1/s1. The molecule has 29 heavy (non-hydrogen) atoms. The number of amides is 1. The van der Waals surface area contributed by atoms with E-state index in [9.17, 15) is 4.79 Å². The Morgan fingerprint density at radius 3 is 2.59 bits per heavy atom. The van der Waals surface area contributed by atoms with Crippen molar-refractivity contribution in [2.45, 2.75) is 18.9 Å². The predicted molar refractivity (Wildman–Crippen MR) is 106 cm³/mol. The van der Waals surface area contributed by atoms with Gasteiger partial charge in [0.1, 0.15) is 11.9 Å². The van der Waals surface area contributed by atoms with E-state index in [-0.39, 0.29) is 18.6 Å². The van der Waals surface area contributed by atoms with E-state index in [4.69, 9.17) is 18.9 Å². The topological polar surface area (TPSA) is 70.1 Å². The second-order valence-corrected chi connectivity index (χ2v) is 7.43. The molecule has 3 atom stereocenters. The summed E-state index contributed by atoms with van der Waals surface area (Å²) in [6.07, 6.45) is 5.68. The van der Waals surface area contributed by atoms with E-state index in [2.05, 4.69) is 4.98 Å². The van der Waals surface area contributed by atoms with Crippen LogP contribution in [-0.4, -0.2) is 55.8 Å². The first-order valence-corrected chi connectivity index (χ1v) is 9.88. The van der Waals surface area contributed by atoms with Gasteiger partial charge in [-0.3, -0.25) is 9.78 Å². The predicted octanol–water partition coefficient (Wildman–Crippen LogP) is 2.79. The smallest absolute Gasteiger partial charge is 0.260 e. The molecule has 1 amide bonds. The zero-order valence-electron chi connectivity index (χ0n) is 16.7. The molecule has 7 heteroatoms. The van der Waals surface area contributed by atoms with Gasteiger partial charge in [0.05, 0.1) is 20.4 Å². The Kier molecular flexibility index (Phi) is 5.74. The molecule has 7 nitrogen and oxygen atoms in total. The molecule has 1 aliphatic carbocycles. The molecule has 2 aromatic rings. The zero-order valence-corrected chi connectivity index (χ0v) is 16.7. The molecule has 0 spiro atoms. The first-order valence-electron chi connectivity index (χ1n) is 9.88. The van der Waals surface area contributed by atoms with Gasteiger partial charge in [0, 0.05) is 25.2 Å². The molecule has 0 N–H and O–H groups in total. The summed E-state index contributed by atoms with van der Waals surface area (Å²) in [6.45, 7) is 1.40. The molecule has 2 heterocycles.